The van der Waals surface area contributed by atoms with Crippen molar-refractivity contribution in [1.82, 2.24) is 5.32 Å². The van der Waals surface area contributed by atoms with Gasteiger partial charge in [-0.25, -0.2) is 4.79 Å². The van der Waals surface area contributed by atoms with Gasteiger partial charge in [-0.15, -0.1) is 0 Å². The third-order valence-corrected chi connectivity index (χ3v) is 3.59. The lowest BCUT2D eigenvalue weighted by atomic mass is 9.93. The first-order valence-corrected chi connectivity index (χ1v) is 7.90. The van der Waals surface area contributed by atoms with Gasteiger partial charge in [0.15, 0.2) is 0 Å². The third kappa shape index (κ3) is 4.55. The molecule has 1 aliphatic rings. The van der Waals surface area contributed by atoms with E-state index in [0.717, 1.165) is 10.0 Å². The predicted octanol–water partition coefficient (Wildman–Crippen LogP) is 3.62. The van der Waals surface area contributed by atoms with Crippen molar-refractivity contribution in [3.63, 3.8) is 0 Å². The summed E-state index contributed by atoms with van der Waals surface area (Å²) >= 11 is 3.46. The number of nitrogens with zero attached hydrogens (tertiary/aromatic N) is 1. The molecule has 0 radical (unpaired) electrons. The van der Waals surface area contributed by atoms with Crippen LogP contribution >= 0.6 is 15.9 Å². The predicted molar refractivity (Wildman–Crippen MR) is 89.1 cm³/mol. The molecule has 2 rings (SSSR count). The number of hydrogen-bond donors (Lipinski definition) is 1. The molecule has 1 amide bonds. The Bertz CT molecular complexity index is 595. The van der Waals surface area contributed by atoms with Crippen LogP contribution in [0.25, 0.3) is 0 Å². The number of benzene rings is 1. The number of ether oxygens (including phenoxy) is 2. The first-order chi connectivity index (χ1) is 10.2. The van der Waals surface area contributed by atoms with Crippen molar-refractivity contribution in [2.24, 2.45) is 4.99 Å². The van der Waals surface area contributed by atoms with Crippen molar-refractivity contribution < 1.29 is 14.3 Å². The van der Waals surface area contributed by atoms with E-state index in [-0.39, 0.29) is 6.61 Å². The van der Waals surface area contributed by atoms with Crippen LogP contribution in [-0.2, 0) is 15.0 Å². The zero-order valence-corrected chi connectivity index (χ0v) is 14.9. The minimum atomic E-state index is -0.548. The summed E-state index contributed by atoms with van der Waals surface area (Å²) in [6.45, 7) is 8.16. The van der Waals surface area contributed by atoms with E-state index >= 15 is 0 Å². The standard InChI is InChI=1S/C16H21BrN2O3/c1-15(2,3)22-14(20)18-13-9-21-10-16(4,19-13)11-6-5-7-12(17)8-11/h5-8H,9-10H2,1-4H3,(H,18,19,20)/t16-/m0/s1. The lowest BCUT2D eigenvalue weighted by Gasteiger charge is -2.31. The van der Waals surface area contributed by atoms with Crippen LogP contribution in [0.3, 0.4) is 0 Å². The molecular weight excluding hydrogens is 348 g/mol. The summed E-state index contributed by atoms with van der Waals surface area (Å²) < 4.78 is 11.8. The highest BCUT2D eigenvalue weighted by molar-refractivity contribution is 9.10. The monoisotopic (exact) mass is 368 g/mol. The van der Waals surface area contributed by atoms with Gasteiger partial charge in [-0.05, 0) is 45.4 Å². The Morgan fingerprint density at radius 2 is 2.18 bits per heavy atom. The Balaban J connectivity index is 2.16. The lowest BCUT2D eigenvalue weighted by Crippen LogP contribution is -2.44. The van der Waals surface area contributed by atoms with Crippen LogP contribution < -0.4 is 5.32 Å². The van der Waals surface area contributed by atoms with Gasteiger partial charge in [-0.1, -0.05) is 28.1 Å². The number of carbonyl (C=O) groups excluding carboxylic acids is 1. The molecule has 6 heteroatoms. The van der Waals surface area contributed by atoms with Gasteiger partial charge in [0.05, 0.1) is 6.61 Å². The van der Waals surface area contributed by atoms with Crippen molar-refractivity contribution in [3.8, 4) is 0 Å². The van der Waals surface area contributed by atoms with E-state index in [1.807, 2.05) is 52.0 Å². The number of hydrogen-bond acceptors (Lipinski definition) is 4. The lowest BCUT2D eigenvalue weighted by molar-refractivity contribution is 0.0543. The number of alkyl carbamates (subject to hydrolysis) is 1. The van der Waals surface area contributed by atoms with E-state index in [2.05, 4.69) is 26.2 Å². The van der Waals surface area contributed by atoms with Crippen molar-refractivity contribution in [3.05, 3.63) is 34.3 Å². The fourth-order valence-electron chi connectivity index (χ4n) is 2.17. The number of amides is 1. The van der Waals surface area contributed by atoms with Gasteiger partial charge >= 0.3 is 6.09 Å². The molecule has 1 atom stereocenters. The van der Waals surface area contributed by atoms with E-state index in [4.69, 9.17) is 9.47 Å². The topological polar surface area (TPSA) is 59.9 Å². The molecule has 1 N–H and O–H groups in total. The fraction of sp³-hybridized carbons (Fsp3) is 0.500. The molecule has 1 aromatic carbocycles. The van der Waals surface area contributed by atoms with E-state index in [1.54, 1.807) is 0 Å². The quantitative estimate of drug-likeness (QED) is 0.823. The highest BCUT2D eigenvalue weighted by Gasteiger charge is 2.31. The molecule has 1 heterocycles. The largest absolute Gasteiger partial charge is 0.444 e. The maximum absolute atomic E-state index is 11.9. The number of aliphatic imine (C=N–C) groups is 1. The number of amidine groups is 1. The van der Waals surface area contributed by atoms with Gasteiger partial charge in [0.2, 0.25) is 0 Å². The van der Waals surface area contributed by atoms with Gasteiger partial charge in [-0.2, -0.15) is 0 Å². The van der Waals surface area contributed by atoms with Crippen LogP contribution in [0.4, 0.5) is 4.79 Å². The van der Waals surface area contributed by atoms with Crippen LogP contribution in [0, 0.1) is 0 Å². The summed E-state index contributed by atoms with van der Waals surface area (Å²) in [5.74, 6) is 0.475. The second kappa shape index (κ2) is 6.38. The maximum atomic E-state index is 11.9. The summed E-state index contributed by atoms with van der Waals surface area (Å²) in [5.41, 5.74) is -0.0646. The van der Waals surface area contributed by atoms with Gasteiger partial charge in [0.1, 0.15) is 23.6 Å². The average Bonchev–Trinajstić information content (AvgIpc) is 2.36. The second-order valence-electron chi connectivity index (χ2n) is 6.46. The van der Waals surface area contributed by atoms with Crippen LogP contribution in [-0.4, -0.2) is 30.7 Å². The Morgan fingerprint density at radius 3 is 2.82 bits per heavy atom. The van der Waals surface area contributed by atoms with Crippen LogP contribution in [0.1, 0.15) is 33.3 Å². The molecule has 0 unspecified atom stereocenters. The number of nitrogens with one attached hydrogen (secondary N) is 1. The van der Waals surface area contributed by atoms with E-state index in [1.165, 1.54) is 0 Å². The highest BCUT2D eigenvalue weighted by Crippen LogP contribution is 2.30. The molecule has 0 aliphatic carbocycles. The summed E-state index contributed by atoms with van der Waals surface area (Å²) in [6.07, 6.45) is -0.520. The van der Waals surface area contributed by atoms with E-state index < -0.39 is 17.2 Å². The van der Waals surface area contributed by atoms with Crippen LogP contribution in [0.5, 0.6) is 0 Å². The fourth-order valence-corrected chi connectivity index (χ4v) is 2.56. The van der Waals surface area contributed by atoms with Crippen molar-refractivity contribution in [2.75, 3.05) is 13.2 Å². The Hall–Kier alpha value is -1.40. The van der Waals surface area contributed by atoms with Gasteiger partial charge in [-0.3, -0.25) is 10.3 Å². The summed E-state index contributed by atoms with van der Waals surface area (Å²) in [7, 11) is 0. The normalized spacial score (nSPS) is 22.0. The third-order valence-electron chi connectivity index (χ3n) is 3.10. The molecule has 120 valence electrons. The van der Waals surface area contributed by atoms with Gasteiger partial charge in [0.25, 0.3) is 0 Å². The van der Waals surface area contributed by atoms with Crippen molar-refractivity contribution in [2.45, 2.75) is 38.8 Å². The molecule has 0 spiro atoms. The smallest absolute Gasteiger partial charge is 0.413 e. The molecule has 0 saturated heterocycles. The van der Waals surface area contributed by atoms with Crippen molar-refractivity contribution >= 4 is 27.9 Å². The Labute approximate surface area is 139 Å². The average molecular weight is 369 g/mol. The number of carbonyl (C=O) groups is 1. The summed E-state index contributed by atoms with van der Waals surface area (Å²) in [4.78, 5) is 16.5. The van der Waals surface area contributed by atoms with Crippen LogP contribution in [0.15, 0.2) is 33.7 Å². The molecule has 1 aliphatic heterocycles. The molecule has 0 bridgehead atoms. The van der Waals surface area contributed by atoms with Crippen LogP contribution in [0.2, 0.25) is 0 Å². The highest BCUT2D eigenvalue weighted by atomic mass is 79.9. The van der Waals surface area contributed by atoms with E-state index in [9.17, 15) is 4.79 Å². The molecule has 0 fully saturated rings. The molecule has 0 saturated carbocycles. The molecule has 1 aromatic rings. The molecule has 22 heavy (non-hydrogen) atoms. The maximum Gasteiger partial charge on any atom is 0.413 e. The first-order valence-electron chi connectivity index (χ1n) is 7.10. The molecule has 5 nitrogen and oxygen atoms in total. The van der Waals surface area contributed by atoms with E-state index in [0.29, 0.717) is 12.4 Å². The second-order valence-corrected chi connectivity index (χ2v) is 7.38. The van der Waals surface area contributed by atoms with Gasteiger partial charge < -0.3 is 9.47 Å². The first kappa shape index (κ1) is 17.0. The minimum absolute atomic E-state index is 0.267. The Kier molecular flexibility index (Phi) is 4.92. The van der Waals surface area contributed by atoms with Gasteiger partial charge in [0, 0.05) is 4.47 Å². The number of rotatable bonds is 1. The minimum Gasteiger partial charge on any atom is -0.444 e. The Morgan fingerprint density at radius 1 is 1.45 bits per heavy atom. The molecule has 0 aromatic heterocycles. The number of halogens is 1. The summed E-state index contributed by atoms with van der Waals surface area (Å²) in [6, 6.07) is 7.91. The molecular formula is C16H21BrN2O3. The van der Waals surface area contributed by atoms with Crippen molar-refractivity contribution in [1.29, 1.82) is 0 Å². The summed E-state index contributed by atoms with van der Waals surface area (Å²) in [5, 5.41) is 2.67. The zero-order valence-electron chi connectivity index (χ0n) is 13.3. The SMILES string of the molecule is CC(C)(C)OC(=O)NC1=N[C@](C)(c2cccc(Br)c2)COC1. The zero-order chi connectivity index (χ0) is 16.4.